The molecule has 0 spiro atoms. The molecule has 0 radical (unpaired) electrons. The molecule has 2 unspecified atom stereocenters. The predicted octanol–water partition coefficient (Wildman–Crippen LogP) is 0.0766. The van der Waals surface area contributed by atoms with Crippen molar-refractivity contribution < 1.29 is 19.4 Å². The Morgan fingerprint density at radius 1 is 1.56 bits per heavy atom. The molecule has 2 N–H and O–H groups in total. The third-order valence-electron chi connectivity index (χ3n) is 3.15. The molecule has 0 aliphatic carbocycles. The molecule has 0 aromatic rings. The van der Waals surface area contributed by atoms with Gasteiger partial charge in [-0.15, -0.1) is 0 Å². The van der Waals surface area contributed by atoms with Gasteiger partial charge in [0.15, 0.2) is 0 Å². The van der Waals surface area contributed by atoms with Gasteiger partial charge in [-0.3, -0.25) is 14.5 Å². The average molecular weight is 258 g/mol. The first-order valence-electron chi connectivity index (χ1n) is 6.36. The predicted molar refractivity (Wildman–Crippen MR) is 66.3 cm³/mol. The Bertz CT molecular complexity index is 290. The van der Waals surface area contributed by atoms with Crippen molar-refractivity contribution in [2.24, 2.45) is 0 Å². The highest BCUT2D eigenvalue weighted by Crippen LogP contribution is 2.10. The van der Waals surface area contributed by atoms with E-state index in [4.69, 9.17) is 9.84 Å². The Labute approximate surface area is 107 Å². The van der Waals surface area contributed by atoms with Crippen molar-refractivity contribution in [1.29, 1.82) is 0 Å². The summed E-state index contributed by atoms with van der Waals surface area (Å²) in [7, 11) is 1.65. The molecule has 0 bridgehead atoms. The molecule has 6 heteroatoms. The van der Waals surface area contributed by atoms with Gasteiger partial charge in [-0.05, 0) is 26.3 Å². The molecule has 0 saturated carbocycles. The van der Waals surface area contributed by atoms with E-state index in [0.717, 1.165) is 19.4 Å². The van der Waals surface area contributed by atoms with Gasteiger partial charge in [0.25, 0.3) is 0 Å². The average Bonchev–Trinajstić information content (AvgIpc) is 2.79. The van der Waals surface area contributed by atoms with E-state index in [1.54, 1.807) is 18.9 Å². The summed E-state index contributed by atoms with van der Waals surface area (Å²) in [6.07, 6.45) is 2.60. The van der Waals surface area contributed by atoms with E-state index in [2.05, 4.69) is 5.32 Å². The lowest BCUT2D eigenvalue weighted by molar-refractivity contribution is -0.143. The molecule has 18 heavy (non-hydrogen) atoms. The summed E-state index contributed by atoms with van der Waals surface area (Å²) in [5.41, 5.74) is 0. The number of amides is 1. The monoisotopic (exact) mass is 258 g/mol. The van der Waals surface area contributed by atoms with Crippen molar-refractivity contribution >= 4 is 11.9 Å². The number of nitrogens with zero attached hydrogens (tertiary/aromatic N) is 1. The van der Waals surface area contributed by atoms with Gasteiger partial charge in [0, 0.05) is 13.2 Å². The van der Waals surface area contributed by atoms with E-state index in [1.807, 2.05) is 0 Å². The number of carboxylic acids is 1. The van der Waals surface area contributed by atoms with Gasteiger partial charge in [-0.25, -0.2) is 0 Å². The molecule has 104 valence electrons. The van der Waals surface area contributed by atoms with Crippen LogP contribution in [-0.2, 0) is 14.3 Å². The maximum absolute atomic E-state index is 11.7. The maximum atomic E-state index is 11.7. The van der Waals surface area contributed by atoms with Crippen LogP contribution in [0.5, 0.6) is 0 Å². The quantitative estimate of drug-likeness (QED) is 0.676. The minimum absolute atomic E-state index is 0.0948. The van der Waals surface area contributed by atoms with Crippen molar-refractivity contribution in [1.82, 2.24) is 10.2 Å². The number of ether oxygens (including phenoxy) is 1. The fraction of sp³-hybridized carbons (Fsp3) is 0.833. The second-order valence-corrected chi connectivity index (χ2v) is 4.62. The summed E-state index contributed by atoms with van der Waals surface area (Å²) in [5.74, 6) is -1.06. The molecule has 1 aliphatic heterocycles. The Hall–Kier alpha value is -1.14. The summed E-state index contributed by atoms with van der Waals surface area (Å²) in [6.45, 7) is 3.16. The van der Waals surface area contributed by atoms with E-state index in [-0.39, 0.29) is 18.6 Å². The Kier molecular flexibility index (Phi) is 6.07. The number of likely N-dealkylation sites (N-methyl/N-ethyl adjacent to an activating group) is 1. The van der Waals surface area contributed by atoms with Crippen LogP contribution in [0.4, 0.5) is 0 Å². The summed E-state index contributed by atoms with van der Waals surface area (Å²) < 4.78 is 5.39. The standard InChI is InChI=1S/C12H22N2O4/c1-3-10(12(16)17)14(2)8-11(15)13-7-9-5-4-6-18-9/h9-10H,3-8H2,1-2H3,(H,13,15)(H,16,17). The van der Waals surface area contributed by atoms with Crippen LogP contribution >= 0.6 is 0 Å². The summed E-state index contributed by atoms with van der Waals surface area (Å²) in [5, 5.41) is 11.7. The molecule has 1 saturated heterocycles. The Balaban J connectivity index is 2.27. The van der Waals surface area contributed by atoms with Crippen LogP contribution in [0, 0.1) is 0 Å². The number of carbonyl (C=O) groups is 2. The summed E-state index contributed by atoms with van der Waals surface area (Å²) >= 11 is 0. The van der Waals surface area contributed by atoms with Crippen LogP contribution in [-0.4, -0.2) is 60.8 Å². The number of nitrogens with one attached hydrogen (secondary N) is 1. The number of carbonyl (C=O) groups excluding carboxylic acids is 1. The smallest absolute Gasteiger partial charge is 0.320 e. The van der Waals surface area contributed by atoms with Crippen molar-refractivity contribution in [3.05, 3.63) is 0 Å². The summed E-state index contributed by atoms with van der Waals surface area (Å²) in [4.78, 5) is 24.1. The topological polar surface area (TPSA) is 78.9 Å². The zero-order valence-electron chi connectivity index (χ0n) is 11.0. The lowest BCUT2D eigenvalue weighted by atomic mass is 10.2. The molecule has 1 amide bonds. The molecular formula is C12H22N2O4. The van der Waals surface area contributed by atoms with Gasteiger partial charge >= 0.3 is 5.97 Å². The third kappa shape index (κ3) is 4.62. The molecular weight excluding hydrogens is 236 g/mol. The maximum Gasteiger partial charge on any atom is 0.320 e. The van der Waals surface area contributed by atoms with Crippen molar-refractivity contribution in [2.75, 3.05) is 26.7 Å². The lowest BCUT2D eigenvalue weighted by Crippen LogP contribution is -2.45. The number of hydrogen-bond donors (Lipinski definition) is 2. The Morgan fingerprint density at radius 2 is 2.28 bits per heavy atom. The van der Waals surface area contributed by atoms with Gasteiger partial charge < -0.3 is 15.2 Å². The minimum Gasteiger partial charge on any atom is -0.480 e. The molecule has 0 aromatic heterocycles. The van der Waals surface area contributed by atoms with E-state index >= 15 is 0 Å². The molecule has 2 atom stereocenters. The first-order chi connectivity index (χ1) is 8.54. The van der Waals surface area contributed by atoms with Gasteiger partial charge in [0.05, 0.1) is 12.6 Å². The van der Waals surface area contributed by atoms with Gasteiger partial charge in [0.1, 0.15) is 6.04 Å². The lowest BCUT2D eigenvalue weighted by Gasteiger charge is -2.23. The molecule has 1 fully saturated rings. The normalized spacial score (nSPS) is 20.9. The molecule has 1 heterocycles. The highest BCUT2D eigenvalue weighted by Gasteiger charge is 2.22. The van der Waals surface area contributed by atoms with Crippen LogP contribution < -0.4 is 5.32 Å². The van der Waals surface area contributed by atoms with Crippen LogP contribution in [0.3, 0.4) is 0 Å². The fourth-order valence-corrected chi connectivity index (χ4v) is 2.10. The fourth-order valence-electron chi connectivity index (χ4n) is 2.10. The highest BCUT2D eigenvalue weighted by molar-refractivity contribution is 5.79. The van der Waals surface area contributed by atoms with Crippen molar-refractivity contribution in [3.8, 4) is 0 Å². The second kappa shape index (κ2) is 7.33. The van der Waals surface area contributed by atoms with Gasteiger partial charge in [-0.2, -0.15) is 0 Å². The van der Waals surface area contributed by atoms with Crippen LogP contribution in [0.1, 0.15) is 26.2 Å². The first kappa shape index (κ1) is 14.9. The van der Waals surface area contributed by atoms with E-state index in [9.17, 15) is 9.59 Å². The molecule has 1 rings (SSSR count). The van der Waals surface area contributed by atoms with E-state index in [0.29, 0.717) is 13.0 Å². The zero-order valence-corrected chi connectivity index (χ0v) is 11.0. The number of aliphatic carboxylic acids is 1. The van der Waals surface area contributed by atoms with Gasteiger partial charge in [-0.1, -0.05) is 6.92 Å². The molecule has 0 aromatic carbocycles. The SMILES string of the molecule is CCC(C(=O)O)N(C)CC(=O)NCC1CCCO1. The number of carboxylic acid groups (broad SMARTS) is 1. The molecule has 1 aliphatic rings. The number of hydrogen-bond acceptors (Lipinski definition) is 4. The van der Waals surface area contributed by atoms with Crippen LogP contribution in [0.2, 0.25) is 0 Å². The van der Waals surface area contributed by atoms with Crippen molar-refractivity contribution in [3.63, 3.8) is 0 Å². The summed E-state index contributed by atoms with van der Waals surface area (Å²) in [6, 6.07) is -0.613. The minimum atomic E-state index is -0.896. The van der Waals surface area contributed by atoms with Crippen molar-refractivity contribution in [2.45, 2.75) is 38.3 Å². The zero-order chi connectivity index (χ0) is 13.5. The van der Waals surface area contributed by atoms with E-state index in [1.165, 1.54) is 0 Å². The molecule has 6 nitrogen and oxygen atoms in total. The van der Waals surface area contributed by atoms with Crippen LogP contribution in [0.25, 0.3) is 0 Å². The number of rotatable bonds is 7. The largest absolute Gasteiger partial charge is 0.480 e. The Morgan fingerprint density at radius 3 is 2.78 bits per heavy atom. The second-order valence-electron chi connectivity index (χ2n) is 4.62. The third-order valence-corrected chi connectivity index (χ3v) is 3.15. The first-order valence-corrected chi connectivity index (χ1v) is 6.36. The highest BCUT2D eigenvalue weighted by atomic mass is 16.5. The van der Waals surface area contributed by atoms with Gasteiger partial charge in [0.2, 0.25) is 5.91 Å². The van der Waals surface area contributed by atoms with Crippen LogP contribution in [0.15, 0.2) is 0 Å². The van der Waals surface area contributed by atoms with E-state index < -0.39 is 12.0 Å².